The Bertz CT molecular complexity index is 1070. The topological polar surface area (TPSA) is 92.8 Å². The molecule has 2 fully saturated rings. The van der Waals surface area contributed by atoms with Crippen molar-refractivity contribution in [3.8, 4) is 0 Å². The fraction of sp³-hybridized carbons (Fsp3) is 0.304. The van der Waals surface area contributed by atoms with Gasteiger partial charge in [-0.05, 0) is 61.4 Å². The van der Waals surface area contributed by atoms with Gasteiger partial charge in [0.05, 0.1) is 33.8 Å². The molecule has 4 rings (SSSR count). The van der Waals surface area contributed by atoms with Gasteiger partial charge in [0.25, 0.3) is 5.91 Å². The summed E-state index contributed by atoms with van der Waals surface area (Å²) in [6, 6.07) is 12.9. The van der Waals surface area contributed by atoms with Crippen molar-refractivity contribution in [1.29, 1.82) is 0 Å². The number of imide groups is 1. The lowest BCUT2D eigenvalue weighted by Gasteiger charge is -2.28. The highest BCUT2D eigenvalue weighted by molar-refractivity contribution is 9.10. The summed E-state index contributed by atoms with van der Waals surface area (Å²) >= 11 is 15.7. The first-order chi connectivity index (χ1) is 15.7. The van der Waals surface area contributed by atoms with Gasteiger partial charge in [-0.1, -0.05) is 15.9 Å². The monoisotopic (exact) mass is 552 g/mol. The van der Waals surface area contributed by atoms with Gasteiger partial charge >= 0.3 is 5.97 Å². The van der Waals surface area contributed by atoms with E-state index in [1.54, 1.807) is 24.3 Å². The molecule has 3 amide bonds. The van der Waals surface area contributed by atoms with Crippen molar-refractivity contribution in [2.24, 2.45) is 11.8 Å². The summed E-state index contributed by atoms with van der Waals surface area (Å²) in [7, 11) is 0. The van der Waals surface area contributed by atoms with Crippen LogP contribution in [-0.4, -0.2) is 41.1 Å². The van der Waals surface area contributed by atoms with Crippen molar-refractivity contribution in [2.45, 2.75) is 23.6 Å². The molecule has 2 aromatic carbocycles. The molecule has 4 atom stereocenters. The predicted molar refractivity (Wildman–Crippen MR) is 127 cm³/mol. The lowest BCUT2D eigenvalue weighted by atomic mass is 9.80. The van der Waals surface area contributed by atoms with E-state index in [0.717, 1.165) is 9.37 Å². The number of carbonyl (C=O) groups excluding carboxylic acids is 4. The maximum Gasteiger partial charge on any atom is 0.338 e. The summed E-state index contributed by atoms with van der Waals surface area (Å²) in [5, 5.41) is 1.91. The first-order valence-electron chi connectivity index (χ1n) is 10.2. The Balaban J connectivity index is 1.36. The number of fused-ring (bicyclic) bond motifs is 1. The number of rotatable bonds is 5. The van der Waals surface area contributed by atoms with Gasteiger partial charge in [0.1, 0.15) is 0 Å². The highest BCUT2D eigenvalue weighted by Gasteiger charge is 2.52. The number of nitrogens with zero attached hydrogens (tertiary/aromatic N) is 1. The zero-order valence-electron chi connectivity index (χ0n) is 17.2. The third-order valence-electron chi connectivity index (χ3n) is 5.74. The molecule has 0 spiro atoms. The number of hydrogen-bond acceptors (Lipinski definition) is 5. The molecule has 0 bridgehead atoms. The summed E-state index contributed by atoms with van der Waals surface area (Å²) in [5.41, 5.74) is 1.12. The fourth-order valence-electron chi connectivity index (χ4n) is 4.04. The number of amides is 3. The Morgan fingerprint density at radius 2 is 1.48 bits per heavy atom. The van der Waals surface area contributed by atoms with Crippen LogP contribution in [0.2, 0.25) is 0 Å². The van der Waals surface area contributed by atoms with E-state index in [2.05, 4.69) is 21.2 Å². The maximum atomic E-state index is 12.8. The lowest BCUT2D eigenvalue weighted by Crippen LogP contribution is -2.34. The van der Waals surface area contributed by atoms with Crippen molar-refractivity contribution >= 4 is 74.2 Å². The fourth-order valence-corrected chi connectivity index (χ4v) is 4.89. The average molecular weight is 554 g/mol. The number of alkyl halides is 2. The largest absolute Gasteiger partial charge is 0.452 e. The Kier molecular flexibility index (Phi) is 7.07. The molecule has 0 radical (unpaired) electrons. The van der Waals surface area contributed by atoms with Gasteiger partial charge in [-0.2, -0.15) is 0 Å². The quantitative estimate of drug-likeness (QED) is 0.337. The van der Waals surface area contributed by atoms with Crippen LogP contribution >= 0.6 is 39.1 Å². The van der Waals surface area contributed by atoms with Crippen LogP contribution in [0.4, 0.5) is 11.4 Å². The van der Waals surface area contributed by atoms with E-state index in [0.29, 0.717) is 24.2 Å². The van der Waals surface area contributed by atoms with Crippen molar-refractivity contribution in [3.05, 3.63) is 58.6 Å². The number of halogens is 3. The highest BCUT2D eigenvalue weighted by atomic mass is 79.9. The molecule has 33 heavy (non-hydrogen) atoms. The van der Waals surface area contributed by atoms with Crippen molar-refractivity contribution in [2.75, 3.05) is 16.8 Å². The van der Waals surface area contributed by atoms with Gasteiger partial charge in [-0.15, -0.1) is 23.2 Å². The minimum absolute atomic E-state index is 0.188. The van der Waals surface area contributed by atoms with Gasteiger partial charge in [0, 0.05) is 10.2 Å². The van der Waals surface area contributed by atoms with Gasteiger partial charge in [0.15, 0.2) is 6.61 Å². The standard InChI is InChI=1S/C23H19BrCl2N2O5/c24-13-3-5-14(6-4-13)27-20(29)11-33-23(32)12-1-7-15(8-2-12)28-21(30)16-9-18(25)19(26)10-17(16)22(28)31/h1-8,16-19H,9-11H2,(H,27,29)/t16-,17+,18-,19-/m0/s1. The van der Waals surface area contributed by atoms with Crippen LogP contribution in [0.15, 0.2) is 53.0 Å². The molecule has 1 N–H and O–H groups in total. The summed E-state index contributed by atoms with van der Waals surface area (Å²) < 4.78 is 5.93. The van der Waals surface area contributed by atoms with Crippen LogP contribution in [0, 0.1) is 11.8 Å². The van der Waals surface area contributed by atoms with Crippen LogP contribution in [0.5, 0.6) is 0 Å². The number of benzene rings is 2. The summed E-state index contributed by atoms with van der Waals surface area (Å²) in [6.45, 7) is -0.456. The van der Waals surface area contributed by atoms with Crippen molar-refractivity contribution in [1.82, 2.24) is 0 Å². The molecule has 172 valence electrons. The molecule has 2 aromatic rings. The first-order valence-corrected chi connectivity index (χ1v) is 11.9. The Labute approximate surface area is 208 Å². The third kappa shape index (κ3) is 5.08. The van der Waals surface area contributed by atoms with E-state index in [1.807, 2.05) is 0 Å². The molecule has 1 aliphatic carbocycles. The number of anilines is 2. The van der Waals surface area contributed by atoms with E-state index in [1.165, 1.54) is 24.3 Å². The maximum absolute atomic E-state index is 12.8. The molecular weight excluding hydrogens is 535 g/mol. The zero-order chi connectivity index (χ0) is 23.7. The molecule has 1 saturated carbocycles. The number of ether oxygens (including phenoxy) is 1. The number of hydrogen-bond donors (Lipinski definition) is 1. The summed E-state index contributed by atoms with van der Waals surface area (Å²) in [4.78, 5) is 51.1. The average Bonchev–Trinajstić information content (AvgIpc) is 3.03. The molecule has 0 aromatic heterocycles. The second-order valence-electron chi connectivity index (χ2n) is 7.91. The van der Waals surface area contributed by atoms with Crippen LogP contribution in [0.3, 0.4) is 0 Å². The lowest BCUT2D eigenvalue weighted by molar-refractivity contribution is -0.122. The predicted octanol–water partition coefficient (Wildman–Crippen LogP) is 4.36. The minimum atomic E-state index is -0.699. The van der Waals surface area contributed by atoms with Gasteiger partial charge in [-0.3, -0.25) is 19.3 Å². The highest BCUT2D eigenvalue weighted by Crippen LogP contribution is 2.43. The second kappa shape index (κ2) is 9.83. The SMILES string of the molecule is O=C(COC(=O)c1ccc(N2C(=O)[C@H]3C[C@H](Cl)[C@@H](Cl)C[C@H]3C2=O)cc1)Nc1ccc(Br)cc1. The van der Waals surface area contributed by atoms with E-state index >= 15 is 0 Å². The van der Waals surface area contributed by atoms with E-state index in [-0.39, 0.29) is 28.1 Å². The van der Waals surface area contributed by atoms with Crippen molar-refractivity contribution < 1.29 is 23.9 Å². The van der Waals surface area contributed by atoms with E-state index < -0.39 is 30.3 Å². The normalized spacial score (nSPS) is 24.4. The van der Waals surface area contributed by atoms with Crippen LogP contribution in [-0.2, 0) is 19.1 Å². The first kappa shape index (κ1) is 23.7. The smallest absolute Gasteiger partial charge is 0.338 e. The number of nitrogens with one attached hydrogen (secondary N) is 1. The van der Waals surface area contributed by atoms with Gasteiger partial charge < -0.3 is 10.1 Å². The van der Waals surface area contributed by atoms with Crippen molar-refractivity contribution in [3.63, 3.8) is 0 Å². The molecular formula is C23H19BrCl2N2O5. The Morgan fingerprint density at radius 3 is 2.03 bits per heavy atom. The molecule has 2 aliphatic rings. The van der Waals surface area contributed by atoms with E-state index in [4.69, 9.17) is 27.9 Å². The van der Waals surface area contributed by atoms with Crippen LogP contribution in [0.1, 0.15) is 23.2 Å². The van der Waals surface area contributed by atoms with Gasteiger partial charge in [-0.25, -0.2) is 4.79 Å². The third-order valence-corrected chi connectivity index (χ3v) is 7.36. The van der Waals surface area contributed by atoms with Gasteiger partial charge in [0.2, 0.25) is 11.8 Å². The molecule has 7 nitrogen and oxygen atoms in total. The summed E-state index contributed by atoms with van der Waals surface area (Å²) in [5.74, 6) is -2.75. The zero-order valence-corrected chi connectivity index (χ0v) is 20.3. The van der Waals surface area contributed by atoms with Crippen LogP contribution < -0.4 is 10.2 Å². The molecule has 1 saturated heterocycles. The second-order valence-corrected chi connectivity index (χ2v) is 9.94. The molecule has 0 unspecified atom stereocenters. The Morgan fingerprint density at radius 1 is 0.939 bits per heavy atom. The number of carbonyl (C=O) groups is 4. The molecule has 10 heteroatoms. The number of esters is 1. The minimum Gasteiger partial charge on any atom is -0.452 e. The summed E-state index contributed by atoms with van der Waals surface area (Å²) in [6.07, 6.45) is 0.711. The Hall–Kier alpha value is -2.42. The molecule has 1 aliphatic heterocycles. The van der Waals surface area contributed by atoms with E-state index in [9.17, 15) is 19.2 Å². The molecule has 1 heterocycles. The van der Waals surface area contributed by atoms with Crippen LogP contribution in [0.25, 0.3) is 0 Å².